The normalized spacial score (nSPS) is 8.92. The lowest BCUT2D eigenvalue weighted by Crippen LogP contribution is -2.03. The highest BCUT2D eigenvalue weighted by Crippen LogP contribution is 2.04. The largest absolute Gasteiger partial charge is 0.366 e. The Morgan fingerprint density at radius 3 is 2.92 bits per heavy atom. The number of nitrogens with zero attached hydrogens (tertiary/aromatic N) is 2. The average molecular weight is 173 g/mol. The summed E-state index contributed by atoms with van der Waals surface area (Å²) in [4.78, 5) is 4.05. The molecule has 1 N–H and O–H groups in total. The summed E-state index contributed by atoms with van der Waals surface area (Å²) in [5.41, 5.74) is 1.62. The summed E-state index contributed by atoms with van der Waals surface area (Å²) in [7, 11) is 0. The summed E-state index contributed by atoms with van der Waals surface area (Å²) >= 11 is 0. The molecule has 13 heavy (non-hydrogen) atoms. The Hall–Kier alpha value is -1.82. The number of aromatic nitrogens is 1. The van der Waals surface area contributed by atoms with E-state index in [1.807, 2.05) is 13.0 Å². The van der Waals surface area contributed by atoms with E-state index < -0.39 is 0 Å². The van der Waals surface area contributed by atoms with Crippen LogP contribution in [-0.2, 0) is 0 Å². The molecule has 1 rings (SSSR count). The van der Waals surface area contributed by atoms with E-state index in [4.69, 9.17) is 5.26 Å². The first kappa shape index (κ1) is 9.27. The standard InChI is InChI=1S/C10H11N3/c1-8(2)6-12-10-4-3-9(5-11)7-13-10/h3-4,7H,1,6H2,2H3,(H,12,13). The molecule has 66 valence electrons. The molecule has 0 aliphatic rings. The minimum atomic E-state index is 0.570. The summed E-state index contributed by atoms with van der Waals surface area (Å²) in [6.07, 6.45) is 1.54. The third-order valence-corrected chi connectivity index (χ3v) is 1.46. The smallest absolute Gasteiger partial charge is 0.126 e. The number of hydrogen-bond donors (Lipinski definition) is 1. The van der Waals surface area contributed by atoms with Crippen LogP contribution in [-0.4, -0.2) is 11.5 Å². The van der Waals surface area contributed by atoms with Crippen LogP contribution in [0.2, 0.25) is 0 Å². The number of anilines is 1. The molecule has 0 spiro atoms. The zero-order valence-electron chi connectivity index (χ0n) is 7.54. The molecule has 0 saturated heterocycles. The Labute approximate surface area is 77.7 Å². The number of pyridine rings is 1. The van der Waals surface area contributed by atoms with Crippen molar-refractivity contribution in [1.82, 2.24) is 4.98 Å². The first-order valence-electron chi connectivity index (χ1n) is 3.97. The van der Waals surface area contributed by atoms with Crippen molar-refractivity contribution in [2.75, 3.05) is 11.9 Å². The Balaban J connectivity index is 2.60. The highest BCUT2D eigenvalue weighted by Gasteiger charge is 1.93. The number of nitriles is 1. The lowest BCUT2D eigenvalue weighted by molar-refractivity contribution is 1.16. The van der Waals surface area contributed by atoms with Crippen molar-refractivity contribution in [1.29, 1.82) is 5.26 Å². The molecular formula is C10H11N3. The molecule has 0 bridgehead atoms. The molecule has 0 saturated carbocycles. The maximum atomic E-state index is 8.52. The SMILES string of the molecule is C=C(C)CNc1ccc(C#N)cn1. The predicted octanol–water partition coefficient (Wildman–Crippen LogP) is 1.94. The molecule has 1 aromatic heterocycles. The maximum Gasteiger partial charge on any atom is 0.126 e. The first-order valence-corrected chi connectivity index (χ1v) is 3.97. The summed E-state index contributed by atoms with van der Waals surface area (Å²) in [5.74, 6) is 0.766. The van der Waals surface area contributed by atoms with Crippen molar-refractivity contribution in [3.63, 3.8) is 0 Å². The number of nitrogens with one attached hydrogen (secondary N) is 1. The molecule has 0 aliphatic carbocycles. The van der Waals surface area contributed by atoms with Crippen LogP contribution in [0.1, 0.15) is 12.5 Å². The van der Waals surface area contributed by atoms with E-state index in [-0.39, 0.29) is 0 Å². The third kappa shape index (κ3) is 2.96. The topological polar surface area (TPSA) is 48.7 Å². The molecule has 3 nitrogen and oxygen atoms in total. The van der Waals surface area contributed by atoms with Crippen LogP contribution in [0.25, 0.3) is 0 Å². The van der Waals surface area contributed by atoms with Gasteiger partial charge in [-0.25, -0.2) is 4.98 Å². The van der Waals surface area contributed by atoms with Gasteiger partial charge in [-0.1, -0.05) is 12.2 Å². The molecular weight excluding hydrogens is 162 g/mol. The van der Waals surface area contributed by atoms with Crippen LogP contribution in [0.15, 0.2) is 30.5 Å². The zero-order valence-corrected chi connectivity index (χ0v) is 7.54. The predicted molar refractivity (Wildman–Crippen MR) is 52.3 cm³/mol. The number of rotatable bonds is 3. The fourth-order valence-corrected chi connectivity index (χ4v) is 0.806. The van der Waals surface area contributed by atoms with Crippen LogP contribution >= 0.6 is 0 Å². The molecule has 0 fully saturated rings. The van der Waals surface area contributed by atoms with Crippen molar-refractivity contribution in [2.45, 2.75) is 6.92 Å². The van der Waals surface area contributed by atoms with E-state index >= 15 is 0 Å². The van der Waals surface area contributed by atoms with Gasteiger partial charge in [-0.3, -0.25) is 0 Å². The van der Waals surface area contributed by atoms with E-state index in [1.165, 1.54) is 0 Å². The second-order valence-corrected chi connectivity index (χ2v) is 2.85. The second-order valence-electron chi connectivity index (χ2n) is 2.85. The van der Waals surface area contributed by atoms with Gasteiger partial charge in [0.05, 0.1) is 5.56 Å². The first-order chi connectivity index (χ1) is 6.22. The molecule has 1 aromatic rings. The highest BCUT2D eigenvalue weighted by molar-refractivity contribution is 5.39. The molecule has 0 aliphatic heterocycles. The third-order valence-electron chi connectivity index (χ3n) is 1.46. The van der Waals surface area contributed by atoms with Gasteiger partial charge >= 0.3 is 0 Å². The molecule has 0 aromatic carbocycles. The zero-order chi connectivity index (χ0) is 9.68. The minimum absolute atomic E-state index is 0.570. The van der Waals surface area contributed by atoms with Gasteiger partial charge < -0.3 is 5.32 Å². The maximum absolute atomic E-state index is 8.52. The molecule has 1 heterocycles. The van der Waals surface area contributed by atoms with Crippen molar-refractivity contribution in [2.24, 2.45) is 0 Å². The van der Waals surface area contributed by atoms with E-state index in [1.54, 1.807) is 18.3 Å². The van der Waals surface area contributed by atoms with Gasteiger partial charge in [-0.15, -0.1) is 0 Å². The Kier molecular flexibility index (Phi) is 3.04. The Morgan fingerprint density at radius 2 is 2.46 bits per heavy atom. The summed E-state index contributed by atoms with van der Waals surface area (Å²) in [5, 5.41) is 11.6. The van der Waals surface area contributed by atoms with E-state index in [0.717, 1.165) is 11.4 Å². The van der Waals surface area contributed by atoms with E-state index in [0.29, 0.717) is 12.1 Å². The van der Waals surface area contributed by atoms with Crippen molar-refractivity contribution in [3.8, 4) is 6.07 Å². The minimum Gasteiger partial charge on any atom is -0.366 e. The molecule has 0 atom stereocenters. The van der Waals surface area contributed by atoms with Crippen LogP contribution < -0.4 is 5.32 Å². The fourth-order valence-electron chi connectivity index (χ4n) is 0.806. The van der Waals surface area contributed by atoms with Gasteiger partial charge in [-0.05, 0) is 19.1 Å². The van der Waals surface area contributed by atoms with Crippen molar-refractivity contribution >= 4 is 5.82 Å². The summed E-state index contributed by atoms with van der Waals surface area (Å²) in [6.45, 7) is 6.41. The van der Waals surface area contributed by atoms with E-state index in [2.05, 4.69) is 16.9 Å². The highest BCUT2D eigenvalue weighted by atomic mass is 15.0. The quantitative estimate of drug-likeness (QED) is 0.710. The number of hydrogen-bond acceptors (Lipinski definition) is 3. The molecule has 0 unspecified atom stereocenters. The van der Waals surface area contributed by atoms with Crippen molar-refractivity contribution in [3.05, 3.63) is 36.0 Å². The lowest BCUT2D eigenvalue weighted by Gasteiger charge is -2.03. The molecule has 0 amide bonds. The Bertz CT molecular complexity index is 332. The van der Waals surface area contributed by atoms with Crippen LogP contribution in [0.3, 0.4) is 0 Å². The van der Waals surface area contributed by atoms with Gasteiger partial charge in [0, 0.05) is 12.7 Å². The van der Waals surface area contributed by atoms with Gasteiger partial charge in [0.15, 0.2) is 0 Å². The summed E-state index contributed by atoms with van der Waals surface area (Å²) in [6, 6.07) is 5.52. The summed E-state index contributed by atoms with van der Waals surface area (Å²) < 4.78 is 0. The van der Waals surface area contributed by atoms with Crippen LogP contribution in [0.4, 0.5) is 5.82 Å². The fraction of sp³-hybridized carbons (Fsp3) is 0.200. The van der Waals surface area contributed by atoms with Crippen LogP contribution in [0, 0.1) is 11.3 Å². The second kappa shape index (κ2) is 4.27. The van der Waals surface area contributed by atoms with Gasteiger partial charge in [0.2, 0.25) is 0 Å². The Morgan fingerprint density at radius 1 is 1.69 bits per heavy atom. The van der Waals surface area contributed by atoms with Gasteiger partial charge in [0.1, 0.15) is 11.9 Å². The molecule has 0 radical (unpaired) electrons. The monoisotopic (exact) mass is 173 g/mol. The molecule has 3 heteroatoms. The van der Waals surface area contributed by atoms with Crippen LogP contribution in [0.5, 0.6) is 0 Å². The average Bonchev–Trinajstić information content (AvgIpc) is 2.15. The lowest BCUT2D eigenvalue weighted by atomic mass is 10.3. The van der Waals surface area contributed by atoms with Crippen molar-refractivity contribution < 1.29 is 0 Å². The van der Waals surface area contributed by atoms with E-state index in [9.17, 15) is 0 Å². The van der Waals surface area contributed by atoms with Gasteiger partial charge in [0.25, 0.3) is 0 Å². The van der Waals surface area contributed by atoms with Gasteiger partial charge in [-0.2, -0.15) is 5.26 Å².